The molecular weight excluding hydrogens is 324 g/mol. The molecule has 1 aliphatic heterocycles. The van der Waals surface area contributed by atoms with Gasteiger partial charge < -0.3 is 9.47 Å². The predicted octanol–water partition coefficient (Wildman–Crippen LogP) is 5.74. The molecule has 1 aromatic carbocycles. The highest BCUT2D eigenvalue weighted by Crippen LogP contribution is 2.50. The van der Waals surface area contributed by atoms with Crippen LogP contribution < -0.4 is 9.47 Å². The zero-order valence-corrected chi connectivity index (χ0v) is 16.9. The van der Waals surface area contributed by atoms with E-state index in [9.17, 15) is 4.79 Å². The van der Waals surface area contributed by atoms with Gasteiger partial charge in [-0.3, -0.25) is 4.79 Å². The summed E-state index contributed by atoms with van der Waals surface area (Å²) in [7, 11) is 0. The van der Waals surface area contributed by atoms with Gasteiger partial charge in [-0.05, 0) is 48.8 Å². The molecule has 0 fully saturated rings. The van der Waals surface area contributed by atoms with Crippen LogP contribution in [0.4, 0.5) is 0 Å². The van der Waals surface area contributed by atoms with Crippen LogP contribution >= 0.6 is 0 Å². The number of aryl methyl sites for hydroxylation is 1. The van der Waals surface area contributed by atoms with Gasteiger partial charge in [0, 0.05) is 24.0 Å². The van der Waals surface area contributed by atoms with Crippen molar-refractivity contribution in [3.05, 3.63) is 34.9 Å². The second-order valence-electron chi connectivity index (χ2n) is 8.47. The van der Waals surface area contributed by atoms with Gasteiger partial charge in [0.15, 0.2) is 0 Å². The van der Waals surface area contributed by atoms with Gasteiger partial charge in [0.05, 0.1) is 0 Å². The number of hydrogen-bond donors (Lipinski definition) is 0. The number of rotatable bonds is 5. The van der Waals surface area contributed by atoms with E-state index in [4.69, 9.17) is 9.47 Å². The van der Waals surface area contributed by atoms with Gasteiger partial charge in [0.2, 0.25) is 0 Å². The van der Waals surface area contributed by atoms with Gasteiger partial charge in [-0.1, -0.05) is 46.6 Å². The van der Waals surface area contributed by atoms with Gasteiger partial charge in [-0.2, -0.15) is 0 Å². The zero-order valence-electron chi connectivity index (χ0n) is 16.9. The number of benzene rings is 1. The molecule has 1 aliphatic carbocycles. The fourth-order valence-electron chi connectivity index (χ4n) is 4.55. The molecule has 0 amide bonds. The topological polar surface area (TPSA) is 35.5 Å². The summed E-state index contributed by atoms with van der Waals surface area (Å²) < 4.78 is 11.9. The van der Waals surface area contributed by atoms with Gasteiger partial charge in [0.25, 0.3) is 0 Å². The number of carbonyl (C=O) groups is 1. The molecule has 0 saturated heterocycles. The number of allylic oxidation sites excluding steroid dienone is 1. The fourth-order valence-corrected chi connectivity index (χ4v) is 4.55. The van der Waals surface area contributed by atoms with Crippen molar-refractivity contribution < 1.29 is 14.3 Å². The lowest BCUT2D eigenvalue weighted by atomic mass is 9.67. The minimum absolute atomic E-state index is 0.0469. The van der Waals surface area contributed by atoms with Crippen molar-refractivity contribution in [1.29, 1.82) is 0 Å². The first kappa shape index (κ1) is 19.0. The van der Waals surface area contributed by atoms with Gasteiger partial charge in [0.1, 0.15) is 17.6 Å². The smallest absolute Gasteiger partial charge is 0.308 e. The van der Waals surface area contributed by atoms with E-state index >= 15 is 0 Å². The highest BCUT2D eigenvalue weighted by atomic mass is 16.5. The minimum Gasteiger partial charge on any atom is -0.486 e. The average molecular weight is 357 g/mol. The van der Waals surface area contributed by atoms with Gasteiger partial charge >= 0.3 is 5.97 Å². The van der Waals surface area contributed by atoms with E-state index in [0.717, 1.165) is 31.4 Å². The van der Waals surface area contributed by atoms with E-state index in [-0.39, 0.29) is 17.5 Å². The van der Waals surface area contributed by atoms with Crippen LogP contribution in [-0.2, 0) is 16.6 Å². The van der Waals surface area contributed by atoms with Crippen molar-refractivity contribution in [3.8, 4) is 11.5 Å². The molecule has 1 aromatic rings. The number of unbranched alkanes of at least 4 members (excludes halogenated alkanes) is 2. The number of ether oxygens (including phenoxy) is 2. The Morgan fingerprint density at radius 3 is 2.77 bits per heavy atom. The molecule has 0 N–H and O–H groups in total. The first-order chi connectivity index (χ1) is 12.3. The number of carbonyl (C=O) groups excluding carboxylic acids is 1. The minimum atomic E-state index is -0.286. The second kappa shape index (κ2) is 7.46. The summed E-state index contributed by atoms with van der Waals surface area (Å²) in [6, 6.07) is 3.96. The maximum atomic E-state index is 11.5. The van der Waals surface area contributed by atoms with Crippen LogP contribution in [0.5, 0.6) is 11.5 Å². The molecule has 3 nitrogen and oxygen atoms in total. The number of fused-ring (bicyclic) bond motifs is 2. The van der Waals surface area contributed by atoms with Crippen LogP contribution in [-0.4, -0.2) is 12.1 Å². The van der Waals surface area contributed by atoms with E-state index in [0.29, 0.717) is 11.7 Å². The molecule has 3 rings (SSSR count). The maximum absolute atomic E-state index is 11.5. The molecule has 2 aliphatic rings. The first-order valence-electron chi connectivity index (χ1n) is 10.1. The summed E-state index contributed by atoms with van der Waals surface area (Å²) in [5.41, 5.74) is 3.91. The first-order valence-corrected chi connectivity index (χ1v) is 10.1. The van der Waals surface area contributed by atoms with E-state index in [1.165, 1.54) is 36.5 Å². The lowest BCUT2D eigenvalue weighted by Crippen LogP contribution is -2.41. The van der Waals surface area contributed by atoms with E-state index in [2.05, 4.69) is 33.8 Å². The molecule has 142 valence electrons. The lowest BCUT2D eigenvalue weighted by Gasteiger charge is -2.44. The lowest BCUT2D eigenvalue weighted by molar-refractivity contribution is -0.131. The molecule has 0 aromatic heterocycles. The van der Waals surface area contributed by atoms with Crippen molar-refractivity contribution in [2.75, 3.05) is 0 Å². The SMILES string of the molecule is CCCCCc1cc(OC(C)=O)cc2c1C(C)(C)C1=CCC(C)CC1O2. The van der Waals surface area contributed by atoms with Crippen LogP contribution in [0.3, 0.4) is 0 Å². The van der Waals surface area contributed by atoms with Crippen molar-refractivity contribution >= 4 is 5.97 Å². The van der Waals surface area contributed by atoms with Crippen LogP contribution in [0.2, 0.25) is 0 Å². The summed E-state index contributed by atoms with van der Waals surface area (Å²) in [4.78, 5) is 11.5. The third kappa shape index (κ3) is 3.67. The largest absolute Gasteiger partial charge is 0.486 e. The summed E-state index contributed by atoms with van der Waals surface area (Å²) in [5.74, 6) is 1.86. The van der Waals surface area contributed by atoms with Crippen LogP contribution in [0.15, 0.2) is 23.8 Å². The Kier molecular flexibility index (Phi) is 5.45. The Morgan fingerprint density at radius 1 is 1.31 bits per heavy atom. The highest BCUT2D eigenvalue weighted by molar-refractivity contribution is 5.70. The van der Waals surface area contributed by atoms with Crippen LogP contribution in [0.25, 0.3) is 0 Å². The Morgan fingerprint density at radius 2 is 2.08 bits per heavy atom. The second-order valence-corrected chi connectivity index (χ2v) is 8.47. The van der Waals surface area contributed by atoms with Crippen molar-refractivity contribution in [2.45, 2.75) is 84.7 Å². The highest BCUT2D eigenvalue weighted by Gasteiger charge is 2.42. The van der Waals surface area contributed by atoms with E-state index < -0.39 is 0 Å². The van der Waals surface area contributed by atoms with Gasteiger partial charge in [-0.25, -0.2) is 0 Å². The summed E-state index contributed by atoms with van der Waals surface area (Å²) >= 11 is 0. The fraction of sp³-hybridized carbons (Fsp3) is 0.609. The molecule has 3 heteroatoms. The summed E-state index contributed by atoms with van der Waals surface area (Å²) in [6.07, 6.45) is 9.25. The van der Waals surface area contributed by atoms with E-state index in [1.54, 1.807) is 0 Å². The molecule has 1 heterocycles. The third-order valence-corrected chi connectivity index (χ3v) is 5.79. The Balaban J connectivity index is 2.06. The molecule has 0 spiro atoms. The molecule has 2 unspecified atom stereocenters. The third-order valence-electron chi connectivity index (χ3n) is 5.79. The normalized spacial score (nSPS) is 23.3. The molecular formula is C23H32O3. The van der Waals surface area contributed by atoms with Crippen molar-refractivity contribution in [2.24, 2.45) is 5.92 Å². The molecule has 26 heavy (non-hydrogen) atoms. The Bertz CT molecular complexity index is 714. The Labute approximate surface area is 157 Å². The maximum Gasteiger partial charge on any atom is 0.308 e. The molecule has 2 atom stereocenters. The zero-order chi connectivity index (χ0) is 18.9. The predicted molar refractivity (Wildman–Crippen MR) is 105 cm³/mol. The standard InChI is InChI=1S/C23H32O3/c1-6-7-8-9-17-13-18(25-16(3)24)14-21-22(17)23(4,5)19-11-10-15(2)12-20(19)26-21/h11,13-15,20H,6-10,12H2,1-5H3. The monoisotopic (exact) mass is 356 g/mol. The Hall–Kier alpha value is -1.77. The molecule has 0 radical (unpaired) electrons. The number of esters is 1. The summed E-state index contributed by atoms with van der Waals surface area (Å²) in [5, 5.41) is 0. The summed E-state index contributed by atoms with van der Waals surface area (Å²) in [6.45, 7) is 10.6. The van der Waals surface area contributed by atoms with E-state index in [1.807, 2.05) is 12.1 Å². The van der Waals surface area contributed by atoms with Gasteiger partial charge in [-0.15, -0.1) is 0 Å². The average Bonchev–Trinajstić information content (AvgIpc) is 2.53. The quantitative estimate of drug-likeness (QED) is 0.292. The van der Waals surface area contributed by atoms with Crippen molar-refractivity contribution in [3.63, 3.8) is 0 Å². The number of hydrogen-bond acceptors (Lipinski definition) is 3. The van der Waals surface area contributed by atoms with Crippen LogP contribution in [0, 0.1) is 5.92 Å². The molecule has 0 bridgehead atoms. The van der Waals surface area contributed by atoms with Crippen molar-refractivity contribution in [1.82, 2.24) is 0 Å². The molecule has 0 saturated carbocycles. The van der Waals surface area contributed by atoms with Crippen LogP contribution in [0.1, 0.15) is 77.8 Å².